The number of rotatable bonds is 10. The minimum atomic E-state index is -0.813. The third-order valence-corrected chi connectivity index (χ3v) is 6.36. The van der Waals surface area contributed by atoms with Crippen LogP contribution in [0.4, 0.5) is 4.39 Å². The molecule has 1 aliphatic heterocycles. The molecule has 3 aromatic rings. The van der Waals surface area contributed by atoms with Crippen LogP contribution in [0.15, 0.2) is 60.7 Å². The molecule has 1 saturated heterocycles. The van der Waals surface area contributed by atoms with Gasteiger partial charge in [0.05, 0.1) is 25.8 Å². The lowest BCUT2D eigenvalue weighted by Crippen LogP contribution is -2.51. The van der Waals surface area contributed by atoms with Gasteiger partial charge in [-0.2, -0.15) is 0 Å². The topological polar surface area (TPSA) is 126 Å². The number of carbonyl (C=O) groups is 3. The maximum atomic E-state index is 15.0. The van der Waals surface area contributed by atoms with Crippen LogP contribution in [-0.2, 0) is 0 Å². The Morgan fingerprint density at radius 3 is 1.92 bits per heavy atom. The summed E-state index contributed by atoms with van der Waals surface area (Å²) in [7, 11) is 1.32. The van der Waals surface area contributed by atoms with Crippen LogP contribution >= 0.6 is 0 Å². The molecule has 0 radical (unpaired) electrons. The summed E-state index contributed by atoms with van der Waals surface area (Å²) in [4.78, 5) is 38.7. The predicted molar refractivity (Wildman–Crippen MR) is 142 cm³/mol. The number of carbonyl (C=O) groups excluding carboxylic acids is 3. The van der Waals surface area contributed by atoms with E-state index in [2.05, 4.69) is 16.0 Å². The molecule has 1 aliphatic rings. The zero-order valence-corrected chi connectivity index (χ0v) is 21.6. The lowest BCUT2D eigenvalue weighted by Gasteiger charge is -2.21. The lowest BCUT2D eigenvalue weighted by atomic mass is 10.00. The van der Waals surface area contributed by atoms with Gasteiger partial charge in [-0.3, -0.25) is 14.4 Å². The fraction of sp³-hybridized carbons (Fsp3) is 0.276. The molecule has 0 bridgehead atoms. The monoisotopic (exact) mass is 535 g/mol. The second-order valence-electron chi connectivity index (χ2n) is 9.07. The van der Waals surface area contributed by atoms with E-state index in [0.717, 1.165) is 0 Å². The van der Waals surface area contributed by atoms with Gasteiger partial charge in [-0.05, 0) is 55.0 Å². The Hall–Kier alpha value is -4.44. The highest BCUT2D eigenvalue weighted by Crippen LogP contribution is 2.31. The molecular formula is C29H30FN3O6. The van der Waals surface area contributed by atoms with Crippen molar-refractivity contribution in [3.05, 3.63) is 88.7 Å². The van der Waals surface area contributed by atoms with Crippen molar-refractivity contribution in [3.8, 4) is 17.2 Å². The number of aromatic hydroxyl groups is 1. The Labute approximate surface area is 225 Å². The molecule has 0 spiro atoms. The molecule has 2 amide bonds. The quantitative estimate of drug-likeness (QED) is 0.294. The molecule has 0 aliphatic carbocycles. The van der Waals surface area contributed by atoms with Gasteiger partial charge in [-0.15, -0.1) is 0 Å². The summed E-state index contributed by atoms with van der Waals surface area (Å²) in [6.07, 6.45) is 0.683. The van der Waals surface area contributed by atoms with Gasteiger partial charge in [-0.25, -0.2) is 4.39 Å². The average Bonchev–Trinajstić information content (AvgIpc) is 3.38. The van der Waals surface area contributed by atoms with Gasteiger partial charge >= 0.3 is 0 Å². The summed E-state index contributed by atoms with van der Waals surface area (Å²) in [5, 5.41) is 18.4. The number of ketones is 1. The number of phenolic OH excluding ortho intramolecular Hbond substituents is 1. The summed E-state index contributed by atoms with van der Waals surface area (Å²) >= 11 is 0. The minimum absolute atomic E-state index is 0.0610. The molecule has 3 aromatic carbocycles. The molecule has 4 N–H and O–H groups in total. The van der Waals surface area contributed by atoms with E-state index in [1.54, 1.807) is 0 Å². The van der Waals surface area contributed by atoms with Crippen LogP contribution < -0.4 is 25.4 Å². The van der Waals surface area contributed by atoms with E-state index >= 15 is 4.39 Å². The van der Waals surface area contributed by atoms with Crippen molar-refractivity contribution in [2.24, 2.45) is 0 Å². The van der Waals surface area contributed by atoms with Crippen LogP contribution in [0.3, 0.4) is 0 Å². The predicted octanol–water partition coefficient (Wildman–Crippen LogP) is 3.06. The van der Waals surface area contributed by atoms with Gasteiger partial charge in [-0.1, -0.05) is 19.1 Å². The average molecular weight is 536 g/mol. The normalized spacial score (nSPS) is 16.4. The van der Waals surface area contributed by atoms with E-state index in [0.29, 0.717) is 37.2 Å². The standard InChI is InChI=1S/C29H30FN3O6/c1-3-14-39-23-12-13-24(38-2)26(30)25(23)27(35)17-4-6-18(7-5-17)28(36)32-21-15-31-16-22(21)33-29(37)19-8-10-20(34)11-9-19/h4-13,21-22,31,34H,3,14-16H2,1-2H3,(H,32,36)(H,33,37)/t21-,22-/m1/s1. The summed E-state index contributed by atoms with van der Waals surface area (Å²) in [5.74, 6) is -2.00. The largest absolute Gasteiger partial charge is 0.508 e. The number of hydrogen-bond donors (Lipinski definition) is 4. The fourth-order valence-corrected chi connectivity index (χ4v) is 4.26. The first kappa shape index (κ1) is 27.6. The van der Waals surface area contributed by atoms with Crippen molar-refractivity contribution in [2.75, 3.05) is 26.8 Å². The van der Waals surface area contributed by atoms with E-state index in [-0.39, 0.29) is 52.3 Å². The smallest absolute Gasteiger partial charge is 0.251 e. The van der Waals surface area contributed by atoms with Crippen molar-refractivity contribution in [3.63, 3.8) is 0 Å². The van der Waals surface area contributed by atoms with Gasteiger partial charge in [0.2, 0.25) is 0 Å². The number of phenols is 1. The number of amides is 2. The van der Waals surface area contributed by atoms with Crippen molar-refractivity contribution in [1.82, 2.24) is 16.0 Å². The van der Waals surface area contributed by atoms with Crippen molar-refractivity contribution in [2.45, 2.75) is 25.4 Å². The Morgan fingerprint density at radius 2 is 1.38 bits per heavy atom. The van der Waals surface area contributed by atoms with Crippen LogP contribution in [0.2, 0.25) is 0 Å². The molecule has 39 heavy (non-hydrogen) atoms. The Bertz CT molecular complexity index is 1340. The number of nitrogens with one attached hydrogen (secondary N) is 3. The maximum Gasteiger partial charge on any atom is 0.251 e. The van der Waals surface area contributed by atoms with Crippen LogP contribution in [0, 0.1) is 5.82 Å². The Morgan fingerprint density at radius 1 is 0.872 bits per heavy atom. The molecular weight excluding hydrogens is 505 g/mol. The minimum Gasteiger partial charge on any atom is -0.508 e. The van der Waals surface area contributed by atoms with Crippen LogP contribution in [0.1, 0.15) is 50.0 Å². The van der Waals surface area contributed by atoms with E-state index in [1.807, 2.05) is 6.92 Å². The second-order valence-corrected chi connectivity index (χ2v) is 9.07. The molecule has 204 valence electrons. The summed E-state index contributed by atoms with van der Waals surface area (Å²) in [6, 6.07) is 13.9. The molecule has 1 fully saturated rings. The first-order valence-electron chi connectivity index (χ1n) is 12.6. The Kier molecular flexibility index (Phi) is 8.77. The molecule has 9 nitrogen and oxygen atoms in total. The maximum absolute atomic E-state index is 15.0. The van der Waals surface area contributed by atoms with Gasteiger partial charge in [0.15, 0.2) is 17.3 Å². The number of halogens is 1. The summed E-state index contributed by atoms with van der Waals surface area (Å²) in [6.45, 7) is 3.14. The lowest BCUT2D eigenvalue weighted by molar-refractivity contribution is 0.0896. The molecule has 0 saturated carbocycles. The molecule has 0 aromatic heterocycles. The number of benzene rings is 3. The van der Waals surface area contributed by atoms with Gasteiger partial charge in [0.1, 0.15) is 17.1 Å². The van der Waals surface area contributed by atoms with Gasteiger partial charge < -0.3 is 30.5 Å². The molecule has 0 unspecified atom stereocenters. The Balaban J connectivity index is 1.44. The third kappa shape index (κ3) is 6.35. The van der Waals surface area contributed by atoms with E-state index in [1.165, 1.54) is 67.8 Å². The second kappa shape index (κ2) is 12.4. The van der Waals surface area contributed by atoms with Gasteiger partial charge in [0, 0.05) is 29.8 Å². The first-order chi connectivity index (χ1) is 18.8. The zero-order chi connectivity index (χ0) is 27.9. The summed E-state index contributed by atoms with van der Waals surface area (Å²) in [5.41, 5.74) is 0.641. The van der Waals surface area contributed by atoms with E-state index < -0.39 is 11.6 Å². The van der Waals surface area contributed by atoms with Crippen LogP contribution in [0.25, 0.3) is 0 Å². The third-order valence-electron chi connectivity index (χ3n) is 6.36. The molecule has 4 rings (SSSR count). The zero-order valence-electron chi connectivity index (χ0n) is 21.6. The molecule has 10 heteroatoms. The fourth-order valence-electron chi connectivity index (χ4n) is 4.26. The number of ether oxygens (including phenoxy) is 2. The highest BCUT2D eigenvalue weighted by molar-refractivity contribution is 6.11. The summed E-state index contributed by atoms with van der Waals surface area (Å²) < 4.78 is 25.7. The van der Waals surface area contributed by atoms with E-state index in [4.69, 9.17) is 9.47 Å². The van der Waals surface area contributed by atoms with Gasteiger partial charge in [0.25, 0.3) is 11.8 Å². The SMILES string of the molecule is CCCOc1ccc(OC)c(F)c1C(=O)c1ccc(C(=O)N[C@@H]2CNC[C@H]2NC(=O)c2ccc(O)cc2)cc1. The number of methoxy groups -OCH3 is 1. The van der Waals surface area contributed by atoms with Crippen molar-refractivity contribution in [1.29, 1.82) is 0 Å². The molecule has 1 heterocycles. The van der Waals surface area contributed by atoms with Crippen molar-refractivity contribution < 1.29 is 33.4 Å². The first-order valence-corrected chi connectivity index (χ1v) is 12.6. The highest BCUT2D eigenvalue weighted by atomic mass is 19.1. The van der Waals surface area contributed by atoms with Crippen molar-refractivity contribution >= 4 is 17.6 Å². The highest BCUT2D eigenvalue weighted by Gasteiger charge is 2.30. The van der Waals surface area contributed by atoms with E-state index in [9.17, 15) is 19.5 Å². The molecule has 2 atom stereocenters. The van der Waals surface area contributed by atoms with Crippen LogP contribution in [-0.4, -0.2) is 61.6 Å². The number of hydrogen-bond acceptors (Lipinski definition) is 7. The van der Waals surface area contributed by atoms with Crippen LogP contribution in [0.5, 0.6) is 17.2 Å².